The molecule has 0 saturated carbocycles. The van der Waals surface area contributed by atoms with Gasteiger partial charge in [-0.2, -0.15) is 15.1 Å². The van der Waals surface area contributed by atoms with Gasteiger partial charge in [0.2, 0.25) is 5.17 Å². The Labute approximate surface area is 165 Å². The Bertz CT molecular complexity index is 1020. The van der Waals surface area contributed by atoms with Crippen LogP contribution in [0.3, 0.4) is 0 Å². The van der Waals surface area contributed by atoms with E-state index in [-0.39, 0.29) is 11.4 Å². The maximum Gasteiger partial charge on any atom is 0.283 e. The largest absolute Gasteiger partial charge is 0.457 e. The van der Waals surface area contributed by atoms with Gasteiger partial charge in [0.05, 0.1) is 5.57 Å². The van der Waals surface area contributed by atoms with Gasteiger partial charge in [0, 0.05) is 10.6 Å². The number of nitrogens with one attached hydrogen (secondary N) is 1. The standard InChI is InChI=1S/C19H15ClN4O2S/c1-2-3-16-23-24-17(21)14(18(25)22-19(24)27-16)10-13-8-9-15(26-13)11-4-6-12(20)7-5-11/h4-10,21H,2-3H2,1H3. The molecule has 3 heterocycles. The zero-order chi connectivity index (χ0) is 19.0. The second-order valence-corrected chi connectivity index (χ2v) is 7.45. The molecule has 2 aromatic rings. The van der Waals surface area contributed by atoms with E-state index in [9.17, 15) is 4.79 Å². The van der Waals surface area contributed by atoms with Gasteiger partial charge in [0.25, 0.3) is 5.91 Å². The number of nitrogens with zero attached hydrogens (tertiary/aromatic N) is 3. The highest BCUT2D eigenvalue weighted by Crippen LogP contribution is 2.30. The second-order valence-electron chi connectivity index (χ2n) is 5.97. The van der Waals surface area contributed by atoms with E-state index in [1.54, 1.807) is 18.2 Å². The van der Waals surface area contributed by atoms with Crippen LogP contribution in [0.4, 0.5) is 0 Å². The third-order valence-electron chi connectivity index (χ3n) is 4.00. The van der Waals surface area contributed by atoms with Crippen molar-refractivity contribution in [1.29, 1.82) is 5.41 Å². The van der Waals surface area contributed by atoms with E-state index in [1.807, 2.05) is 18.2 Å². The Morgan fingerprint density at radius 2 is 2.04 bits per heavy atom. The topological polar surface area (TPSA) is 82.0 Å². The van der Waals surface area contributed by atoms with Crippen molar-refractivity contribution in [2.24, 2.45) is 10.1 Å². The predicted octanol–water partition coefficient (Wildman–Crippen LogP) is 5.02. The van der Waals surface area contributed by atoms with Gasteiger partial charge in [0.15, 0.2) is 5.84 Å². The van der Waals surface area contributed by atoms with E-state index in [0.29, 0.717) is 21.7 Å². The summed E-state index contributed by atoms with van der Waals surface area (Å²) in [7, 11) is 0. The number of hydrogen-bond donors (Lipinski definition) is 1. The summed E-state index contributed by atoms with van der Waals surface area (Å²) in [6, 6.07) is 10.8. The lowest BCUT2D eigenvalue weighted by Crippen LogP contribution is -2.35. The fraction of sp³-hybridized carbons (Fsp3) is 0.158. The van der Waals surface area contributed by atoms with E-state index in [0.717, 1.165) is 23.4 Å². The minimum Gasteiger partial charge on any atom is -0.457 e. The molecule has 0 saturated heterocycles. The average Bonchev–Trinajstić information content (AvgIpc) is 3.27. The van der Waals surface area contributed by atoms with Gasteiger partial charge in [-0.3, -0.25) is 10.2 Å². The Hall–Kier alpha value is -2.64. The molecule has 6 nitrogen and oxygen atoms in total. The normalized spacial score (nSPS) is 18.0. The number of aliphatic imine (C=N–C) groups is 1. The number of amidine groups is 2. The molecule has 1 N–H and O–H groups in total. The Morgan fingerprint density at radius 1 is 1.26 bits per heavy atom. The molecule has 0 radical (unpaired) electrons. The molecule has 0 atom stereocenters. The number of amides is 1. The lowest BCUT2D eigenvalue weighted by atomic mass is 10.1. The third-order valence-corrected chi connectivity index (χ3v) is 5.22. The van der Waals surface area contributed by atoms with E-state index in [2.05, 4.69) is 17.0 Å². The number of hydrogen-bond acceptors (Lipinski definition) is 5. The number of halogens is 1. The maximum atomic E-state index is 12.4. The van der Waals surface area contributed by atoms with Crippen molar-refractivity contribution < 1.29 is 9.21 Å². The van der Waals surface area contributed by atoms with Crippen LogP contribution in [0, 0.1) is 5.41 Å². The summed E-state index contributed by atoms with van der Waals surface area (Å²) >= 11 is 7.25. The molecule has 1 aromatic carbocycles. The van der Waals surface area contributed by atoms with Crippen LogP contribution in [0.15, 0.2) is 56.5 Å². The second kappa shape index (κ2) is 7.17. The summed E-state index contributed by atoms with van der Waals surface area (Å²) in [5.41, 5.74) is 1.03. The minimum absolute atomic E-state index is 0.00745. The minimum atomic E-state index is -0.462. The van der Waals surface area contributed by atoms with Crippen molar-refractivity contribution in [1.82, 2.24) is 5.01 Å². The molecule has 0 bridgehead atoms. The summed E-state index contributed by atoms with van der Waals surface area (Å²) in [6.07, 6.45) is 3.27. The number of rotatable bonds is 4. The third kappa shape index (κ3) is 3.48. The fourth-order valence-electron chi connectivity index (χ4n) is 2.69. The summed E-state index contributed by atoms with van der Waals surface area (Å²) in [4.78, 5) is 16.5. The van der Waals surface area contributed by atoms with Crippen molar-refractivity contribution in [3.8, 4) is 11.3 Å². The van der Waals surface area contributed by atoms with Crippen molar-refractivity contribution in [2.75, 3.05) is 0 Å². The van der Waals surface area contributed by atoms with Crippen LogP contribution in [-0.2, 0) is 4.79 Å². The number of thioether (sulfide) groups is 1. The number of hydrazone groups is 1. The number of carbonyl (C=O) groups excluding carboxylic acids is 1. The van der Waals surface area contributed by atoms with Crippen LogP contribution in [0.1, 0.15) is 25.5 Å². The smallest absolute Gasteiger partial charge is 0.283 e. The van der Waals surface area contributed by atoms with Crippen molar-refractivity contribution in [3.05, 3.63) is 52.8 Å². The molecule has 0 spiro atoms. The highest BCUT2D eigenvalue weighted by atomic mass is 35.5. The van der Waals surface area contributed by atoms with E-state index >= 15 is 0 Å². The zero-order valence-electron chi connectivity index (χ0n) is 14.4. The first-order chi connectivity index (χ1) is 13.0. The molecule has 2 aliphatic rings. The van der Waals surface area contributed by atoms with Crippen LogP contribution in [0.2, 0.25) is 5.02 Å². The lowest BCUT2D eigenvalue weighted by Gasteiger charge is -2.19. The van der Waals surface area contributed by atoms with Crippen molar-refractivity contribution >= 4 is 51.4 Å². The van der Waals surface area contributed by atoms with Gasteiger partial charge < -0.3 is 4.42 Å². The van der Waals surface area contributed by atoms with Gasteiger partial charge >= 0.3 is 0 Å². The average molecular weight is 399 g/mol. The highest BCUT2D eigenvalue weighted by Gasteiger charge is 2.35. The lowest BCUT2D eigenvalue weighted by molar-refractivity contribution is -0.114. The molecule has 27 heavy (non-hydrogen) atoms. The first kappa shape index (κ1) is 17.8. The molecular weight excluding hydrogens is 384 g/mol. The quantitative estimate of drug-likeness (QED) is 0.733. The van der Waals surface area contributed by atoms with Crippen molar-refractivity contribution in [2.45, 2.75) is 19.8 Å². The van der Waals surface area contributed by atoms with Crippen LogP contribution in [0.5, 0.6) is 0 Å². The number of fused-ring (bicyclic) bond motifs is 1. The summed E-state index contributed by atoms with van der Waals surface area (Å²) in [5, 5.41) is 16.1. The SMILES string of the molecule is CCCC1=NN2C(=N)C(=Cc3ccc(-c4ccc(Cl)cc4)o3)C(=O)N=C2S1. The molecule has 0 fully saturated rings. The maximum absolute atomic E-state index is 12.4. The van der Waals surface area contributed by atoms with E-state index < -0.39 is 5.91 Å². The first-order valence-corrected chi connectivity index (χ1v) is 9.59. The highest BCUT2D eigenvalue weighted by molar-refractivity contribution is 8.26. The molecule has 2 aliphatic heterocycles. The molecule has 0 aliphatic carbocycles. The molecule has 4 rings (SSSR count). The summed E-state index contributed by atoms with van der Waals surface area (Å²) in [6.45, 7) is 2.05. The number of benzene rings is 1. The van der Waals surface area contributed by atoms with Gasteiger partial charge in [-0.05, 0) is 67.1 Å². The Balaban J connectivity index is 1.62. The van der Waals surface area contributed by atoms with Crippen LogP contribution in [0.25, 0.3) is 17.4 Å². The molecule has 1 amide bonds. The van der Waals surface area contributed by atoms with Gasteiger partial charge in [-0.25, -0.2) is 0 Å². The van der Waals surface area contributed by atoms with E-state index in [4.69, 9.17) is 21.4 Å². The predicted molar refractivity (Wildman–Crippen MR) is 109 cm³/mol. The molecule has 1 aromatic heterocycles. The Kier molecular flexibility index (Phi) is 4.72. The zero-order valence-corrected chi connectivity index (χ0v) is 16.0. The van der Waals surface area contributed by atoms with E-state index in [1.165, 1.54) is 22.8 Å². The molecular formula is C19H15ClN4O2S. The Morgan fingerprint density at radius 3 is 2.78 bits per heavy atom. The number of carbonyl (C=O) groups is 1. The van der Waals surface area contributed by atoms with Crippen molar-refractivity contribution in [3.63, 3.8) is 0 Å². The number of furan rings is 1. The van der Waals surface area contributed by atoms with Gasteiger partial charge in [0.1, 0.15) is 16.6 Å². The molecule has 136 valence electrons. The fourth-order valence-corrected chi connectivity index (χ4v) is 3.80. The first-order valence-electron chi connectivity index (χ1n) is 8.40. The monoisotopic (exact) mass is 398 g/mol. The molecule has 0 unspecified atom stereocenters. The van der Waals surface area contributed by atoms with Crippen LogP contribution >= 0.6 is 23.4 Å². The summed E-state index contributed by atoms with van der Waals surface area (Å²) < 4.78 is 5.80. The molecule has 8 heteroatoms. The summed E-state index contributed by atoms with van der Waals surface area (Å²) in [5.74, 6) is 0.665. The van der Waals surface area contributed by atoms with Gasteiger partial charge in [-0.1, -0.05) is 18.5 Å². The van der Waals surface area contributed by atoms with Crippen LogP contribution in [-0.4, -0.2) is 27.0 Å². The van der Waals surface area contributed by atoms with Crippen LogP contribution < -0.4 is 0 Å². The van der Waals surface area contributed by atoms with Gasteiger partial charge in [-0.15, -0.1) is 0 Å².